The molecule has 1 unspecified atom stereocenters. The summed E-state index contributed by atoms with van der Waals surface area (Å²) in [5, 5.41) is 3.26. The number of rotatable bonds is 5. The van der Waals surface area contributed by atoms with E-state index in [2.05, 4.69) is 10.3 Å². The van der Waals surface area contributed by atoms with Crippen molar-refractivity contribution in [3.05, 3.63) is 42.1 Å². The van der Waals surface area contributed by atoms with E-state index in [1.165, 1.54) is 18.7 Å². The first-order valence-corrected chi connectivity index (χ1v) is 9.21. The number of nitrogens with zero attached hydrogens (tertiary/aromatic N) is 1. The topological polar surface area (TPSA) is 86.8 Å². The van der Waals surface area contributed by atoms with Crippen LogP contribution in [0.1, 0.15) is 17.3 Å². The number of esters is 1. The Bertz CT molecular complexity index is 827. The van der Waals surface area contributed by atoms with Crippen molar-refractivity contribution in [1.82, 2.24) is 4.98 Å². The first-order valence-electron chi connectivity index (χ1n) is 7.99. The molecule has 0 aliphatic carbocycles. The number of hydrogen-bond donors (Lipinski definition) is 1. The van der Waals surface area contributed by atoms with Crippen LogP contribution >= 0.6 is 11.8 Å². The summed E-state index contributed by atoms with van der Waals surface area (Å²) in [5.41, 5.74) is 0.868. The number of anilines is 1. The monoisotopic (exact) mass is 374 g/mol. The quantitative estimate of drug-likeness (QED) is 0.636. The Morgan fingerprint density at radius 2 is 2.00 bits per heavy atom. The van der Waals surface area contributed by atoms with Gasteiger partial charge in [-0.2, -0.15) is 0 Å². The zero-order valence-corrected chi connectivity index (χ0v) is 15.2. The molecular formula is C18H18N2O5S. The minimum absolute atomic E-state index is 0.332. The van der Waals surface area contributed by atoms with Gasteiger partial charge in [0, 0.05) is 18.0 Å². The van der Waals surface area contributed by atoms with Gasteiger partial charge in [-0.25, -0.2) is 9.78 Å². The molecule has 2 heterocycles. The van der Waals surface area contributed by atoms with Gasteiger partial charge in [0.25, 0.3) is 5.91 Å². The molecule has 2 aromatic rings. The maximum absolute atomic E-state index is 12.3. The van der Waals surface area contributed by atoms with Crippen molar-refractivity contribution < 1.29 is 23.8 Å². The van der Waals surface area contributed by atoms with E-state index in [1.54, 1.807) is 36.5 Å². The van der Waals surface area contributed by atoms with E-state index in [-0.39, 0.29) is 0 Å². The number of thioether (sulfide) groups is 1. The summed E-state index contributed by atoms with van der Waals surface area (Å²) in [6, 6.07) is 8.37. The van der Waals surface area contributed by atoms with Crippen molar-refractivity contribution in [2.45, 2.75) is 18.1 Å². The standard InChI is InChI=1S/C18H18N2O5S/c1-11(25-18(22)13-4-3-7-19-17(13)26-2)16(21)20-12-5-6-14-15(10-12)24-9-8-23-14/h3-7,10-11H,8-9H2,1-2H3,(H,20,21). The lowest BCUT2D eigenvalue weighted by atomic mass is 10.2. The number of ether oxygens (including phenoxy) is 3. The molecule has 0 radical (unpaired) electrons. The summed E-state index contributed by atoms with van der Waals surface area (Å²) in [6.07, 6.45) is 2.45. The summed E-state index contributed by atoms with van der Waals surface area (Å²) < 4.78 is 16.2. The average Bonchev–Trinajstić information content (AvgIpc) is 2.67. The van der Waals surface area contributed by atoms with E-state index in [0.29, 0.717) is 41.0 Å². The highest BCUT2D eigenvalue weighted by molar-refractivity contribution is 7.98. The fraction of sp³-hybridized carbons (Fsp3) is 0.278. The number of carbonyl (C=O) groups is 2. The molecular weight excluding hydrogens is 356 g/mol. The molecule has 1 aliphatic rings. The summed E-state index contributed by atoms with van der Waals surface area (Å²) in [5.74, 6) is 0.172. The van der Waals surface area contributed by atoms with E-state index in [9.17, 15) is 9.59 Å². The molecule has 1 atom stereocenters. The fourth-order valence-corrected chi connectivity index (χ4v) is 2.89. The van der Waals surface area contributed by atoms with Crippen LogP contribution in [0.4, 0.5) is 5.69 Å². The Labute approximate surface area is 155 Å². The van der Waals surface area contributed by atoms with Crippen LogP contribution in [-0.2, 0) is 9.53 Å². The van der Waals surface area contributed by atoms with Crippen LogP contribution in [0.25, 0.3) is 0 Å². The Kier molecular flexibility index (Phi) is 5.62. The molecule has 0 saturated heterocycles. The minimum Gasteiger partial charge on any atom is -0.486 e. The fourth-order valence-electron chi connectivity index (χ4n) is 2.35. The Morgan fingerprint density at radius 1 is 1.23 bits per heavy atom. The first kappa shape index (κ1) is 18.1. The van der Waals surface area contributed by atoms with Gasteiger partial charge in [-0.05, 0) is 37.4 Å². The number of benzene rings is 1. The van der Waals surface area contributed by atoms with Crippen LogP contribution in [0, 0.1) is 0 Å². The highest BCUT2D eigenvalue weighted by atomic mass is 32.2. The van der Waals surface area contributed by atoms with Crippen LogP contribution in [-0.4, -0.2) is 42.4 Å². The SMILES string of the molecule is CSc1ncccc1C(=O)OC(C)C(=O)Nc1ccc2c(c1)OCCO2. The smallest absolute Gasteiger partial charge is 0.341 e. The van der Waals surface area contributed by atoms with Crippen molar-refractivity contribution in [2.75, 3.05) is 24.8 Å². The number of nitrogens with one attached hydrogen (secondary N) is 1. The number of hydrogen-bond acceptors (Lipinski definition) is 7. The lowest BCUT2D eigenvalue weighted by molar-refractivity contribution is -0.123. The minimum atomic E-state index is -0.967. The predicted octanol–water partition coefficient (Wildman–Crippen LogP) is 2.76. The summed E-state index contributed by atoms with van der Waals surface area (Å²) in [6.45, 7) is 2.47. The Hall–Kier alpha value is -2.74. The molecule has 0 saturated carbocycles. The molecule has 0 fully saturated rings. The number of aromatic nitrogens is 1. The molecule has 1 aliphatic heterocycles. The number of amides is 1. The maximum atomic E-state index is 12.3. The van der Waals surface area contributed by atoms with E-state index >= 15 is 0 Å². The van der Waals surface area contributed by atoms with Crippen LogP contribution < -0.4 is 14.8 Å². The second-order valence-electron chi connectivity index (χ2n) is 5.46. The zero-order valence-electron chi connectivity index (χ0n) is 14.4. The molecule has 1 N–H and O–H groups in total. The Morgan fingerprint density at radius 3 is 2.77 bits per heavy atom. The van der Waals surface area contributed by atoms with Crippen LogP contribution in [0.3, 0.4) is 0 Å². The highest BCUT2D eigenvalue weighted by Crippen LogP contribution is 2.32. The molecule has 1 aromatic heterocycles. The molecule has 3 rings (SSSR count). The van der Waals surface area contributed by atoms with Gasteiger partial charge in [-0.15, -0.1) is 11.8 Å². The largest absolute Gasteiger partial charge is 0.486 e. The number of carbonyl (C=O) groups excluding carboxylic acids is 2. The van der Waals surface area contributed by atoms with E-state index < -0.39 is 18.0 Å². The molecule has 0 spiro atoms. The molecule has 8 heteroatoms. The molecule has 136 valence electrons. The third-order valence-electron chi connectivity index (χ3n) is 3.65. The Balaban J connectivity index is 1.63. The average molecular weight is 374 g/mol. The lowest BCUT2D eigenvalue weighted by Crippen LogP contribution is -2.30. The molecule has 7 nitrogen and oxygen atoms in total. The highest BCUT2D eigenvalue weighted by Gasteiger charge is 2.22. The number of fused-ring (bicyclic) bond motifs is 1. The summed E-state index contributed by atoms with van der Waals surface area (Å²) >= 11 is 1.34. The summed E-state index contributed by atoms with van der Waals surface area (Å²) in [7, 11) is 0. The number of pyridine rings is 1. The van der Waals surface area contributed by atoms with E-state index in [1.807, 2.05) is 6.26 Å². The lowest BCUT2D eigenvalue weighted by Gasteiger charge is -2.19. The maximum Gasteiger partial charge on any atom is 0.341 e. The van der Waals surface area contributed by atoms with E-state index in [4.69, 9.17) is 14.2 Å². The van der Waals surface area contributed by atoms with Crippen molar-refractivity contribution in [3.8, 4) is 11.5 Å². The van der Waals surface area contributed by atoms with Crippen molar-refractivity contribution in [3.63, 3.8) is 0 Å². The first-order chi connectivity index (χ1) is 12.6. The second kappa shape index (κ2) is 8.09. The van der Waals surface area contributed by atoms with Crippen LogP contribution in [0.2, 0.25) is 0 Å². The van der Waals surface area contributed by atoms with Crippen molar-refractivity contribution in [2.24, 2.45) is 0 Å². The van der Waals surface area contributed by atoms with Gasteiger partial charge in [0.2, 0.25) is 0 Å². The van der Waals surface area contributed by atoms with Gasteiger partial charge in [0.1, 0.15) is 18.2 Å². The van der Waals surface area contributed by atoms with Gasteiger partial charge < -0.3 is 19.5 Å². The molecule has 26 heavy (non-hydrogen) atoms. The van der Waals surface area contributed by atoms with Crippen LogP contribution in [0.15, 0.2) is 41.6 Å². The van der Waals surface area contributed by atoms with Crippen molar-refractivity contribution >= 4 is 29.3 Å². The zero-order chi connectivity index (χ0) is 18.5. The van der Waals surface area contributed by atoms with Gasteiger partial charge in [0.05, 0.1) is 5.56 Å². The summed E-state index contributed by atoms with van der Waals surface area (Å²) in [4.78, 5) is 28.7. The molecule has 1 amide bonds. The molecule has 0 bridgehead atoms. The third-order valence-corrected chi connectivity index (χ3v) is 4.36. The second-order valence-corrected chi connectivity index (χ2v) is 6.25. The van der Waals surface area contributed by atoms with Crippen molar-refractivity contribution in [1.29, 1.82) is 0 Å². The third kappa shape index (κ3) is 4.08. The predicted molar refractivity (Wildman–Crippen MR) is 97.0 cm³/mol. The van der Waals surface area contributed by atoms with Gasteiger partial charge in [0.15, 0.2) is 17.6 Å². The van der Waals surface area contributed by atoms with E-state index in [0.717, 1.165) is 0 Å². The van der Waals surface area contributed by atoms with Gasteiger partial charge in [-0.3, -0.25) is 4.79 Å². The normalized spacial score (nSPS) is 13.6. The van der Waals surface area contributed by atoms with Crippen LogP contribution in [0.5, 0.6) is 11.5 Å². The van der Waals surface area contributed by atoms with Gasteiger partial charge in [-0.1, -0.05) is 0 Å². The molecule has 1 aromatic carbocycles. The van der Waals surface area contributed by atoms with Gasteiger partial charge >= 0.3 is 5.97 Å².